The minimum atomic E-state index is -0.691. The largest absolute Gasteiger partial charge is 0.349 e. The number of amides is 1. The molecular formula is C16H22F2N2O. The molecule has 5 heteroatoms. The molecule has 2 unspecified atom stereocenters. The van der Waals surface area contributed by atoms with E-state index in [0.717, 1.165) is 19.4 Å². The molecule has 2 N–H and O–H groups in total. The lowest BCUT2D eigenvalue weighted by Gasteiger charge is -2.36. The van der Waals surface area contributed by atoms with Crippen molar-refractivity contribution in [1.29, 1.82) is 0 Å². The average Bonchev–Trinajstić information content (AvgIpc) is 2.47. The van der Waals surface area contributed by atoms with Crippen molar-refractivity contribution in [3.8, 4) is 0 Å². The molecule has 1 aromatic rings. The summed E-state index contributed by atoms with van der Waals surface area (Å²) < 4.78 is 27.5. The zero-order valence-corrected chi connectivity index (χ0v) is 12.5. The lowest BCUT2D eigenvalue weighted by molar-refractivity contribution is -0.133. The standard InChI is InChI=1S/C16H22F2N2O/c1-3-16(8-5-9-19-10-16)15(21)20-11(2)14-12(17)6-4-7-13(14)18/h4,6-7,11,19H,3,5,8-10H2,1-2H3,(H,20,21). The second-order valence-corrected chi connectivity index (χ2v) is 5.74. The molecule has 3 nitrogen and oxygen atoms in total. The van der Waals surface area contributed by atoms with Crippen molar-refractivity contribution in [3.05, 3.63) is 35.4 Å². The van der Waals surface area contributed by atoms with E-state index in [4.69, 9.17) is 0 Å². The first-order valence-electron chi connectivity index (χ1n) is 7.46. The monoisotopic (exact) mass is 296 g/mol. The van der Waals surface area contributed by atoms with Gasteiger partial charge in [-0.1, -0.05) is 13.0 Å². The number of carbonyl (C=O) groups excluding carboxylic acids is 1. The van der Waals surface area contributed by atoms with E-state index in [0.29, 0.717) is 13.0 Å². The molecule has 0 bridgehead atoms. The number of piperidine rings is 1. The minimum Gasteiger partial charge on any atom is -0.349 e. The Labute approximate surface area is 124 Å². The van der Waals surface area contributed by atoms with Gasteiger partial charge in [0, 0.05) is 12.1 Å². The zero-order valence-electron chi connectivity index (χ0n) is 12.5. The Morgan fingerprint density at radius 1 is 1.43 bits per heavy atom. The predicted molar refractivity (Wildman–Crippen MR) is 77.7 cm³/mol. The molecule has 0 radical (unpaired) electrons. The van der Waals surface area contributed by atoms with Crippen molar-refractivity contribution >= 4 is 5.91 Å². The van der Waals surface area contributed by atoms with Crippen molar-refractivity contribution in [2.75, 3.05) is 13.1 Å². The molecule has 1 fully saturated rings. The van der Waals surface area contributed by atoms with E-state index in [1.54, 1.807) is 6.92 Å². The van der Waals surface area contributed by atoms with E-state index >= 15 is 0 Å². The Bertz CT molecular complexity index is 493. The highest BCUT2D eigenvalue weighted by Crippen LogP contribution is 2.31. The van der Waals surface area contributed by atoms with Crippen LogP contribution in [0.3, 0.4) is 0 Å². The van der Waals surface area contributed by atoms with Gasteiger partial charge < -0.3 is 10.6 Å². The van der Waals surface area contributed by atoms with Gasteiger partial charge in [0.15, 0.2) is 0 Å². The third-order valence-electron chi connectivity index (χ3n) is 4.41. The van der Waals surface area contributed by atoms with Gasteiger partial charge in [-0.25, -0.2) is 8.78 Å². The van der Waals surface area contributed by atoms with E-state index in [-0.39, 0.29) is 11.5 Å². The number of hydrogen-bond acceptors (Lipinski definition) is 2. The molecule has 0 saturated carbocycles. The van der Waals surface area contributed by atoms with Gasteiger partial charge in [0.1, 0.15) is 11.6 Å². The first-order valence-corrected chi connectivity index (χ1v) is 7.46. The Hall–Kier alpha value is -1.49. The van der Waals surface area contributed by atoms with E-state index in [1.807, 2.05) is 6.92 Å². The van der Waals surface area contributed by atoms with Crippen molar-refractivity contribution in [2.24, 2.45) is 5.41 Å². The maximum absolute atomic E-state index is 13.8. The molecule has 116 valence electrons. The smallest absolute Gasteiger partial charge is 0.227 e. The highest BCUT2D eigenvalue weighted by molar-refractivity contribution is 5.83. The molecular weight excluding hydrogens is 274 g/mol. The maximum atomic E-state index is 13.8. The van der Waals surface area contributed by atoms with Gasteiger partial charge in [0.05, 0.1) is 11.5 Å². The number of hydrogen-bond donors (Lipinski definition) is 2. The zero-order chi connectivity index (χ0) is 15.5. The molecule has 0 aliphatic carbocycles. The Balaban J connectivity index is 2.15. The van der Waals surface area contributed by atoms with Crippen molar-refractivity contribution in [3.63, 3.8) is 0 Å². The predicted octanol–water partition coefficient (Wildman–Crippen LogP) is 2.92. The van der Waals surface area contributed by atoms with E-state index < -0.39 is 23.1 Å². The molecule has 1 saturated heterocycles. The van der Waals surface area contributed by atoms with Gasteiger partial charge >= 0.3 is 0 Å². The maximum Gasteiger partial charge on any atom is 0.227 e. The number of carbonyl (C=O) groups is 1. The molecule has 2 rings (SSSR count). The van der Waals surface area contributed by atoms with Crippen LogP contribution in [0.4, 0.5) is 8.78 Å². The van der Waals surface area contributed by atoms with Crippen LogP contribution in [-0.4, -0.2) is 19.0 Å². The minimum absolute atomic E-state index is 0.0825. The molecule has 1 aliphatic heterocycles. The highest BCUT2D eigenvalue weighted by atomic mass is 19.1. The number of nitrogens with one attached hydrogen (secondary N) is 2. The van der Waals surface area contributed by atoms with Crippen LogP contribution in [0, 0.1) is 17.0 Å². The first kappa shape index (κ1) is 15.9. The Kier molecular flexibility index (Phi) is 4.93. The topological polar surface area (TPSA) is 41.1 Å². The summed E-state index contributed by atoms with van der Waals surface area (Å²) in [5.41, 5.74) is -0.560. The van der Waals surface area contributed by atoms with E-state index in [1.165, 1.54) is 18.2 Å². The fourth-order valence-corrected chi connectivity index (χ4v) is 2.97. The molecule has 1 heterocycles. The highest BCUT2D eigenvalue weighted by Gasteiger charge is 2.38. The molecule has 1 amide bonds. The van der Waals surface area contributed by atoms with E-state index in [2.05, 4.69) is 10.6 Å². The van der Waals surface area contributed by atoms with Gasteiger partial charge in [-0.15, -0.1) is 0 Å². The summed E-state index contributed by atoms with van der Waals surface area (Å²) in [6, 6.07) is 3.04. The summed E-state index contributed by atoms with van der Waals surface area (Å²) in [6.07, 6.45) is 2.44. The quantitative estimate of drug-likeness (QED) is 0.897. The van der Waals surface area contributed by atoms with Crippen LogP contribution in [0.15, 0.2) is 18.2 Å². The molecule has 1 aliphatic rings. The van der Waals surface area contributed by atoms with Crippen LogP contribution < -0.4 is 10.6 Å². The normalized spacial score (nSPS) is 23.6. The number of halogens is 2. The summed E-state index contributed by atoms with van der Waals surface area (Å²) in [5.74, 6) is -1.39. The van der Waals surface area contributed by atoms with Gasteiger partial charge in [0.2, 0.25) is 5.91 Å². The van der Waals surface area contributed by atoms with Crippen molar-refractivity contribution in [1.82, 2.24) is 10.6 Å². The second kappa shape index (κ2) is 6.52. The van der Waals surface area contributed by atoms with Crippen LogP contribution in [0.5, 0.6) is 0 Å². The fourth-order valence-electron chi connectivity index (χ4n) is 2.97. The summed E-state index contributed by atoms with van der Waals surface area (Å²) in [6.45, 7) is 5.11. The lowest BCUT2D eigenvalue weighted by Crippen LogP contribution is -2.50. The van der Waals surface area contributed by atoms with Gasteiger partial charge in [-0.2, -0.15) is 0 Å². The SMILES string of the molecule is CCC1(C(=O)NC(C)c2c(F)cccc2F)CCCNC1. The molecule has 1 aromatic carbocycles. The molecule has 0 spiro atoms. The van der Waals surface area contributed by atoms with Crippen LogP contribution in [-0.2, 0) is 4.79 Å². The summed E-state index contributed by atoms with van der Waals surface area (Å²) in [5, 5.41) is 6.01. The van der Waals surface area contributed by atoms with Crippen LogP contribution >= 0.6 is 0 Å². The lowest BCUT2D eigenvalue weighted by atomic mass is 9.77. The average molecular weight is 296 g/mol. The number of benzene rings is 1. The van der Waals surface area contributed by atoms with Gasteiger partial charge in [-0.05, 0) is 44.9 Å². The van der Waals surface area contributed by atoms with Crippen molar-refractivity contribution in [2.45, 2.75) is 39.2 Å². The van der Waals surface area contributed by atoms with Crippen LogP contribution in [0.1, 0.15) is 44.7 Å². The Morgan fingerprint density at radius 2 is 2.10 bits per heavy atom. The summed E-state index contributed by atoms with van der Waals surface area (Å²) in [4.78, 5) is 12.6. The second-order valence-electron chi connectivity index (χ2n) is 5.74. The first-order chi connectivity index (χ1) is 10.00. The van der Waals surface area contributed by atoms with Gasteiger partial charge in [0.25, 0.3) is 0 Å². The van der Waals surface area contributed by atoms with Gasteiger partial charge in [-0.3, -0.25) is 4.79 Å². The van der Waals surface area contributed by atoms with Crippen molar-refractivity contribution < 1.29 is 13.6 Å². The fraction of sp³-hybridized carbons (Fsp3) is 0.562. The van der Waals surface area contributed by atoms with Crippen LogP contribution in [0.2, 0.25) is 0 Å². The third-order valence-corrected chi connectivity index (χ3v) is 4.41. The molecule has 21 heavy (non-hydrogen) atoms. The summed E-state index contributed by atoms with van der Waals surface area (Å²) >= 11 is 0. The Morgan fingerprint density at radius 3 is 2.62 bits per heavy atom. The number of rotatable bonds is 4. The molecule has 2 atom stereocenters. The van der Waals surface area contributed by atoms with Crippen LogP contribution in [0.25, 0.3) is 0 Å². The third kappa shape index (κ3) is 3.23. The van der Waals surface area contributed by atoms with E-state index in [9.17, 15) is 13.6 Å². The molecule has 0 aromatic heterocycles. The summed E-state index contributed by atoms with van der Waals surface area (Å²) in [7, 11) is 0.